The Balaban J connectivity index is 1.64. The minimum absolute atomic E-state index is 0.0508. The molecule has 2 bridgehead atoms. The van der Waals surface area contributed by atoms with Crippen molar-refractivity contribution in [2.75, 3.05) is 26.8 Å². The predicted octanol–water partition coefficient (Wildman–Crippen LogP) is 3.68. The second-order valence-corrected chi connectivity index (χ2v) is 11.1. The van der Waals surface area contributed by atoms with E-state index in [0.717, 1.165) is 43.2 Å². The van der Waals surface area contributed by atoms with Gasteiger partial charge in [-0.3, -0.25) is 14.5 Å². The largest absolute Gasteiger partial charge is 0.497 e. The lowest BCUT2D eigenvalue weighted by atomic mass is 9.48. The number of rotatable bonds is 7. The smallest absolute Gasteiger partial charge is 0.303 e. The minimum atomic E-state index is -0.777. The van der Waals surface area contributed by atoms with Crippen LogP contribution in [0.25, 0.3) is 0 Å². The first kappa shape index (κ1) is 22.9. The highest BCUT2D eigenvalue weighted by atomic mass is 16.6. The number of Topliss-reactive ketones (excluding diaryl/α,β-unsaturated/α-hetero) is 1. The molecule has 4 atom stereocenters. The second-order valence-electron chi connectivity index (χ2n) is 11.1. The van der Waals surface area contributed by atoms with Crippen LogP contribution in [0.3, 0.4) is 0 Å². The number of carbonyl (C=O) groups is 2. The van der Waals surface area contributed by atoms with E-state index in [-0.39, 0.29) is 17.8 Å². The van der Waals surface area contributed by atoms with Gasteiger partial charge in [0.05, 0.1) is 13.2 Å². The molecule has 0 spiro atoms. The molecule has 1 saturated heterocycles. The lowest BCUT2D eigenvalue weighted by Gasteiger charge is -2.65. The molecule has 5 rings (SSSR count). The Morgan fingerprint density at radius 3 is 2.73 bits per heavy atom. The van der Waals surface area contributed by atoms with E-state index >= 15 is 0 Å². The maximum atomic E-state index is 13.5. The van der Waals surface area contributed by atoms with Crippen molar-refractivity contribution >= 4 is 11.8 Å². The molecule has 2 saturated carbocycles. The minimum Gasteiger partial charge on any atom is -0.497 e. The second kappa shape index (κ2) is 8.38. The molecule has 3 fully saturated rings. The lowest BCUT2D eigenvalue weighted by Crippen LogP contribution is -2.76. The summed E-state index contributed by atoms with van der Waals surface area (Å²) in [6.45, 7) is 8.18. The van der Waals surface area contributed by atoms with Crippen LogP contribution in [-0.2, 0) is 30.9 Å². The van der Waals surface area contributed by atoms with Gasteiger partial charge in [-0.1, -0.05) is 19.9 Å². The quantitative estimate of drug-likeness (QED) is 0.585. The van der Waals surface area contributed by atoms with Crippen LogP contribution in [-0.4, -0.2) is 61.2 Å². The first-order chi connectivity index (χ1) is 15.8. The molecule has 33 heavy (non-hydrogen) atoms. The predicted molar refractivity (Wildman–Crippen MR) is 124 cm³/mol. The van der Waals surface area contributed by atoms with Crippen molar-refractivity contribution in [3.63, 3.8) is 0 Å². The number of methoxy groups -OCH3 is 1. The standard InChI is InChI=1S/C27H37NO5/c1-17(2)16-32-24-14-27(33-18(3)29)25-11-20-7-8-21(31-4)12-22(20)26(27,13-23(24)30)9-10-28(25)15-19-5-6-19/h7-8,12,17,19,24-25H,5-6,9-11,13-16H2,1-4H3/t24-,25+,26+,27+/m0/s1. The fourth-order valence-corrected chi connectivity index (χ4v) is 6.73. The molecule has 6 heteroatoms. The third-order valence-electron chi connectivity index (χ3n) is 8.33. The van der Waals surface area contributed by atoms with Crippen molar-refractivity contribution in [1.29, 1.82) is 0 Å². The Kier molecular flexibility index (Phi) is 5.81. The molecule has 0 radical (unpaired) electrons. The topological polar surface area (TPSA) is 65.1 Å². The van der Waals surface area contributed by atoms with Gasteiger partial charge >= 0.3 is 5.97 Å². The number of ketones is 1. The normalized spacial score (nSPS) is 33.4. The monoisotopic (exact) mass is 455 g/mol. The summed E-state index contributed by atoms with van der Waals surface area (Å²) in [5.41, 5.74) is 1.06. The van der Waals surface area contributed by atoms with Crippen molar-refractivity contribution in [1.82, 2.24) is 4.90 Å². The molecular weight excluding hydrogens is 418 g/mol. The molecule has 3 aliphatic carbocycles. The number of piperidine rings is 1. The average Bonchev–Trinajstić information content (AvgIpc) is 3.58. The molecule has 1 aliphatic heterocycles. The van der Waals surface area contributed by atoms with Gasteiger partial charge in [-0.25, -0.2) is 0 Å². The van der Waals surface area contributed by atoms with Crippen LogP contribution in [0.1, 0.15) is 64.0 Å². The molecule has 1 heterocycles. The molecule has 0 N–H and O–H groups in total. The number of esters is 1. The van der Waals surface area contributed by atoms with Gasteiger partial charge in [-0.2, -0.15) is 0 Å². The molecule has 1 aromatic carbocycles. The van der Waals surface area contributed by atoms with Crippen LogP contribution in [0.15, 0.2) is 18.2 Å². The Labute approximate surface area is 196 Å². The maximum Gasteiger partial charge on any atom is 0.303 e. The number of nitrogens with zero attached hydrogens (tertiary/aromatic N) is 1. The molecule has 4 aliphatic rings. The first-order valence-corrected chi connectivity index (χ1v) is 12.5. The maximum absolute atomic E-state index is 13.5. The highest BCUT2D eigenvalue weighted by Crippen LogP contribution is 2.60. The summed E-state index contributed by atoms with van der Waals surface area (Å²) in [6, 6.07) is 6.29. The summed E-state index contributed by atoms with van der Waals surface area (Å²) in [6.07, 6.45) is 4.41. The molecular formula is C27H37NO5. The fourth-order valence-electron chi connectivity index (χ4n) is 6.73. The fraction of sp³-hybridized carbons (Fsp3) is 0.704. The molecule has 6 nitrogen and oxygen atoms in total. The summed E-state index contributed by atoms with van der Waals surface area (Å²) in [5.74, 6) is 1.71. The van der Waals surface area contributed by atoms with Crippen LogP contribution in [0.2, 0.25) is 0 Å². The van der Waals surface area contributed by atoms with Crippen molar-refractivity contribution in [3.05, 3.63) is 29.3 Å². The first-order valence-electron chi connectivity index (χ1n) is 12.5. The summed E-state index contributed by atoms with van der Waals surface area (Å²) >= 11 is 0. The number of fused-ring (bicyclic) bond motifs is 1. The molecule has 1 aromatic rings. The van der Waals surface area contributed by atoms with Crippen LogP contribution in [0, 0.1) is 11.8 Å². The van der Waals surface area contributed by atoms with Gasteiger partial charge in [-0.05, 0) is 67.3 Å². The van der Waals surface area contributed by atoms with E-state index in [2.05, 4.69) is 30.9 Å². The number of ether oxygens (including phenoxy) is 3. The summed E-state index contributed by atoms with van der Waals surface area (Å²) in [4.78, 5) is 28.7. The number of likely N-dealkylation sites (tertiary alicyclic amines) is 1. The van der Waals surface area contributed by atoms with Crippen molar-refractivity contribution in [2.45, 2.75) is 82.5 Å². The van der Waals surface area contributed by atoms with Crippen molar-refractivity contribution in [2.24, 2.45) is 11.8 Å². The number of carbonyl (C=O) groups excluding carboxylic acids is 2. The van der Waals surface area contributed by atoms with Crippen LogP contribution >= 0.6 is 0 Å². The number of hydrogen-bond acceptors (Lipinski definition) is 6. The van der Waals surface area contributed by atoms with Crippen molar-refractivity contribution < 1.29 is 23.8 Å². The lowest BCUT2D eigenvalue weighted by molar-refractivity contribution is -0.218. The molecule has 0 amide bonds. The summed E-state index contributed by atoms with van der Waals surface area (Å²) in [5, 5.41) is 0. The van der Waals surface area contributed by atoms with Gasteiger partial charge in [0.25, 0.3) is 0 Å². The third kappa shape index (κ3) is 3.79. The highest BCUT2D eigenvalue weighted by Gasteiger charge is 2.69. The van der Waals surface area contributed by atoms with E-state index in [1.165, 1.54) is 25.3 Å². The van der Waals surface area contributed by atoms with E-state index in [4.69, 9.17) is 14.2 Å². The summed E-state index contributed by atoms with van der Waals surface area (Å²) in [7, 11) is 1.67. The van der Waals surface area contributed by atoms with Crippen LogP contribution in [0.5, 0.6) is 5.75 Å². The Morgan fingerprint density at radius 1 is 1.27 bits per heavy atom. The van der Waals surface area contributed by atoms with E-state index in [1.807, 2.05) is 6.07 Å². The molecule has 180 valence electrons. The zero-order valence-corrected chi connectivity index (χ0v) is 20.4. The SMILES string of the molecule is COc1ccc2c(c1)[C@]13CCN(CC4CC4)[C@H](C2)[C@]1(OC(C)=O)C[C@H](OCC(C)C)C(=O)C3. The van der Waals surface area contributed by atoms with Crippen molar-refractivity contribution in [3.8, 4) is 5.75 Å². The number of benzene rings is 1. The zero-order chi connectivity index (χ0) is 23.4. The molecule has 0 aromatic heterocycles. The van der Waals surface area contributed by atoms with Crippen LogP contribution < -0.4 is 4.74 Å². The third-order valence-corrected chi connectivity index (χ3v) is 8.33. The average molecular weight is 456 g/mol. The summed E-state index contributed by atoms with van der Waals surface area (Å²) < 4.78 is 18.2. The van der Waals surface area contributed by atoms with E-state index < -0.39 is 17.1 Å². The van der Waals surface area contributed by atoms with Crippen LogP contribution in [0.4, 0.5) is 0 Å². The van der Waals surface area contributed by atoms with E-state index in [0.29, 0.717) is 25.4 Å². The molecule has 0 unspecified atom stereocenters. The number of hydrogen-bond donors (Lipinski definition) is 0. The zero-order valence-electron chi connectivity index (χ0n) is 20.4. The van der Waals surface area contributed by atoms with Gasteiger partial charge < -0.3 is 14.2 Å². The Bertz CT molecular complexity index is 940. The van der Waals surface area contributed by atoms with Gasteiger partial charge in [-0.15, -0.1) is 0 Å². The van der Waals surface area contributed by atoms with E-state index in [1.54, 1.807) is 7.11 Å². The van der Waals surface area contributed by atoms with E-state index in [9.17, 15) is 9.59 Å². The Hall–Kier alpha value is -1.92. The van der Waals surface area contributed by atoms with Gasteiger partial charge in [0.2, 0.25) is 0 Å². The van der Waals surface area contributed by atoms with Gasteiger partial charge in [0.1, 0.15) is 17.5 Å². The highest BCUT2D eigenvalue weighted by molar-refractivity contribution is 5.87. The Morgan fingerprint density at radius 2 is 2.06 bits per heavy atom. The van der Waals surface area contributed by atoms with Gasteiger partial charge in [0, 0.05) is 38.3 Å². The van der Waals surface area contributed by atoms with Gasteiger partial charge in [0.15, 0.2) is 5.78 Å².